The van der Waals surface area contributed by atoms with E-state index in [0.29, 0.717) is 109 Å². The van der Waals surface area contributed by atoms with Crippen LogP contribution in [0.25, 0.3) is 0 Å². The molecule has 14 rings (SSSR count). The van der Waals surface area contributed by atoms with Crippen LogP contribution in [0.15, 0.2) is 216 Å². The van der Waals surface area contributed by atoms with Gasteiger partial charge in [-0.25, -0.2) is 78.7 Å². The summed E-state index contributed by atoms with van der Waals surface area (Å²) in [5.74, 6) is 2.33. The van der Waals surface area contributed by atoms with Gasteiger partial charge in [0.25, 0.3) is 36.5 Å². The summed E-state index contributed by atoms with van der Waals surface area (Å²) in [5, 5.41) is 6.59. The number of benzene rings is 5. The number of pyridine rings is 3. The van der Waals surface area contributed by atoms with Gasteiger partial charge in [-0.2, -0.15) is 39.5 Å². The lowest BCUT2D eigenvalue weighted by Crippen LogP contribution is -2.46. The third-order valence-corrected chi connectivity index (χ3v) is 29.2. The highest BCUT2D eigenvalue weighted by Crippen LogP contribution is 2.46. The van der Waals surface area contributed by atoms with Gasteiger partial charge < -0.3 is 53.0 Å². The van der Waals surface area contributed by atoms with Crippen molar-refractivity contribution in [3.8, 4) is 40.6 Å². The monoisotopic (exact) mass is 2010 g/mol. The molecule has 45 heteroatoms. The van der Waals surface area contributed by atoms with E-state index in [2.05, 4.69) is 49.6 Å². The molecule has 3 aliphatic carbocycles. The standard InChI is InChI=1S/2C33H35ClF3N5O5S.C24H25ClF3N5O3S.CH2O2/c2*1-41(2)27-15-22(21-6-5-7-24(14-21)33(35,36)37)9-11-28(27)47-32-17-26(34)30(18-39-32)48(43,44)42(31-12-13-38-20-40-31)19-23-8-10-25(45-3)16-29(23)46-4;1-33(2)19-11-16(15-4-3-5-17(10-15)24(26,27)28)6-7-20(19)36-23-12-18(25)21(13-30-23)37(34,35)32-22-8-9-29-14-31-22;2-1-3/h2*5-8,10,12-14,16-18,20,22,27-28H,9,11,15,19H2,1-4H3;3-5,8-10,12-14,16,19-20H,6-7,11H2,1-2H3,(H,29,31,32);1H,(H,2,3)/t2*22-,27-,28-;16-,19-,20-;/m000./s1. The van der Waals surface area contributed by atoms with Crippen molar-refractivity contribution in [1.29, 1.82) is 0 Å². The van der Waals surface area contributed by atoms with Crippen molar-refractivity contribution in [3.05, 3.63) is 261 Å². The number of likely N-dealkylation sites (N-methyl/N-ethyl adjacent to an activating group) is 3. The topological polar surface area (TPSA) is 349 Å². The Morgan fingerprint density at radius 1 is 0.419 bits per heavy atom. The van der Waals surface area contributed by atoms with E-state index in [1.165, 1.54) is 139 Å². The first-order valence-electron chi connectivity index (χ1n) is 41.8. The molecule has 136 heavy (non-hydrogen) atoms. The second-order valence-corrected chi connectivity index (χ2v) is 38.7. The highest BCUT2D eigenvalue weighted by atomic mass is 35.5. The van der Waals surface area contributed by atoms with Gasteiger partial charge in [0.05, 0.1) is 91.9 Å². The Hall–Kier alpha value is -11.8. The molecule has 0 radical (unpaired) electrons. The molecule has 3 aliphatic rings. The number of nitrogens with one attached hydrogen (secondary N) is 1. The molecule has 3 fully saturated rings. The number of sulfonamides is 3. The zero-order valence-corrected chi connectivity index (χ0v) is 79.5. The molecule has 0 saturated heterocycles. The predicted octanol–water partition coefficient (Wildman–Crippen LogP) is 17.9. The molecule has 0 unspecified atom stereocenters. The second kappa shape index (κ2) is 45.9. The fourth-order valence-corrected chi connectivity index (χ4v) is 21.3. The molecule has 5 aromatic carbocycles. The number of alkyl halides is 9. The molecule has 6 heterocycles. The Balaban J connectivity index is 0.000000195. The summed E-state index contributed by atoms with van der Waals surface area (Å²) in [4.78, 5) is 50.0. The van der Waals surface area contributed by atoms with Gasteiger partial charge in [0.15, 0.2) is 0 Å². The number of carboxylic acid groups (broad SMARTS) is 1. The number of nitrogens with zero attached hydrogens (tertiary/aromatic N) is 14. The number of aromatic nitrogens is 9. The third kappa shape index (κ3) is 26.7. The van der Waals surface area contributed by atoms with Gasteiger partial charge in [-0.3, -0.25) is 9.52 Å². The minimum Gasteiger partial charge on any atom is -0.497 e. The maximum absolute atomic E-state index is 14.1. The van der Waals surface area contributed by atoms with E-state index in [1.54, 1.807) is 54.6 Å². The summed E-state index contributed by atoms with van der Waals surface area (Å²) in [5.41, 5.74) is 0.989. The van der Waals surface area contributed by atoms with Crippen LogP contribution in [0.4, 0.5) is 57.0 Å². The van der Waals surface area contributed by atoms with E-state index in [9.17, 15) is 64.8 Å². The molecule has 728 valence electrons. The van der Waals surface area contributed by atoms with Crippen LogP contribution in [0.2, 0.25) is 15.1 Å². The Bertz CT molecular complexity index is 5970. The molecular formula is C91H97Cl3F9N15O15S3. The SMILES string of the molecule is CN(C)[C@H]1C[C@@H](c2cccc(C(F)(F)F)c2)CC[C@@H]1Oc1cc(Cl)c(S(=O)(=O)Nc2ccncn2)cn1.COc1ccc(CN(c2ccncn2)S(=O)(=O)c2cnc(O[C@H]3CC[C@H](c4cccc(C(F)(F)F)c4)C[C@@H]3N(C)C)cc2Cl)c(OC)c1.COc1ccc(CN(c2ccncn2)S(=O)(=O)c2cnc(O[C@H]3CC[C@H](c4cccc(C(F)(F)F)c4)C[C@@H]3N(C)C)cc2Cl)c(OC)c1.O=CO. The molecule has 30 nitrogen and oxygen atoms in total. The van der Waals surface area contributed by atoms with Crippen molar-refractivity contribution >= 4 is 88.8 Å². The zero-order chi connectivity index (χ0) is 98.8. The number of anilines is 3. The number of halogens is 12. The first-order valence-corrected chi connectivity index (χ1v) is 47.3. The van der Waals surface area contributed by atoms with Crippen molar-refractivity contribution in [1.82, 2.24) is 59.6 Å². The van der Waals surface area contributed by atoms with E-state index < -0.39 is 65.3 Å². The summed E-state index contributed by atoms with van der Waals surface area (Å²) in [6.07, 6.45) is 2.20. The lowest BCUT2D eigenvalue weighted by molar-refractivity contribution is -0.138. The average Bonchev–Trinajstić information content (AvgIpc) is 0.771. The lowest BCUT2D eigenvalue weighted by atomic mass is 9.79. The second-order valence-electron chi connectivity index (χ2n) is 32.1. The Morgan fingerprint density at radius 3 is 1.02 bits per heavy atom. The van der Waals surface area contributed by atoms with Gasteiger partial charge in [0.1, 0.15) is 92.4 Å². The quantitative estimate of drug-likeness (QED) is 0.0325. The summed E-state index contributed by atoms with van der Waals surface area (Å²) in [7, 11) is 4.54. The van der Waals surface area contributed by atoms with Crippen LogP contribution < -0.4 is 46.5 Å². The normalized spacial score (nSPS) is 18.7. The van der Waals surface area contributed by atoms with Crippen LogP contribution in [0.5, 0.6) is 40.6 Å². The fourth-order valence-electron chi connectivity index (χ4n) is 16.1. The first kappa shape index (κ1) is 105. The number of rotatable bonds is 29. The Morgan fingerprint density at radius 2 is 0.743 bits per heavy atom. The van der Waals surface area contributed by atoms with Crippen LogP contribution in [-0.2, 0) is 66.5 Å². The zero-order valence-electron chi connectivity index (χ0n) is 74.8. The first-order chi connectivity index (χ1) is 64.5. The molecule has 11 aromatic rings. The van der Waals surface area contributed by atoms with Gasteiger partial charge in [0, 0.05) is 90.3 Å². The highest BCUT2D eigenvalue weighted by molar-refractivity contribution is 7.93. The smallest absolute Gasteiger partial charge is 0.416 e. The van der Waals surface area contributed by atoms with Crippen molar-refractivity contribution in [3.63, 3.8) is 0 Å². The minimum absolute atomic E-state index is 0.0634. The third-order valence-electron chi connectivity index (χ3n) is 23.0. The van der Waals surface area contributed by atoms with E-state index in [1.807, 2.05) is 57.0 Å². The van der Waals surface area contributed by atoms with Gasteiger partial charge in [-0.1, -0.05) is 89.4 Å². The molecule has 2 N–H and O–H groups in total. The van der Waals surface area contributed by atoms with Crippen LogP contribution in [-0.4, -0.2) is 204 Å². The van der Waals surface area contributed by atoms with Gasteiger partial charge in [-0.15, -0.1) is 0 Å². The number of ether oxygens (including phenoxy) is 7. The number of hydrogen-bond donors (Lipinski definition) is 2. The lowest BCUT2D eigenvalue weighted by Gasteiger charge is -2.39. The van der Waals surface area contributed by atoms with Crippen LogP contribution in [0.3, 0.4) is 0 Å². The van der Waals surface area contributed by atoms with E-state index in [4.69, 9.17) is 77.9 Å². The maximum Gasteiger partial charge on any atom is 0.416 e. The molecule has 0 spiro atoms. The average molecular weight is 2010 g/mol. The van der Waals surface area contributed by atoms with E-state index in [-0.39, 0.29) is 139 Å². The molecular weight excluding hydrogens is 1920 g/mol. The van der Waals surface area contributed by atoms with Gasteiger partial charge in [-0.05, 0) is 183 Å². The van der Waals surface area contributed by atoms with E-state index in [0.717, 1.165) is 45.4 Å². The maximum atomic E-state index is 14.1. The minimum atomic E-state index is -4.42. The van der Waals surface area contributed by atoms with Crippen LogP contribution >= 0.6 is 34.8 Å². The summed E-state index contributed by atoms with van der Waals surface area (Å²) < 4.78 is 246. The predicted molar refractivity (Wildman–Crippen MR) is 489 cm³/mol. The molecule has 6 aromatic heterocycles. The van der Waals surface area contributed by atoms with Crippen molar-refractivity contribution in [2.75, 3.05) is 84.1 Å². The molecule has 0 bridgehead atoms. The van der Waals surface area contributed by atoms with Gasteiger partial charge >= 0.3 is 18.5 Å². The van der Waals surface area contributed by atoms with Gasteiger partial charge in [0.2, 0.25) is 17.6 Å². The molecule has 0 aliphatic heterocycles. The van der Waals surface area contributed by atoms with Crippen molar-refractivity contribution in [2.45, 2.75) is 158 Å². The largest absolute Gasteiger partial charge is 0.497 e. The Labute approximate surface area is 795 Å². The summed E-state index contributed by atoms with van der Waals surface area (Å²) in [6.45, 7) is -0.554. The number of hydrogen-bond acceptors (Lipinski definition) is 26. The number of carbonyl (C=O) groups is 1. The Kier molecular flexibility index (Phi) is 35.4. The molecule has 0 amide bonds. The van der Waals surface area contributed by atoms with Crippen molar-refractivity contribution < 1.29 is 108 Å². The van der Waals surface area contributed by atoms with Crippen LogP contribution in [0.1, 0.15) is 120 Å². The highest BCUT2D eigenvalue weighted by Gasteiger charge is 2.42. The number of methoxy groups -OCH3 is 4. The molecule has 9 atom stereocenters. The van der Waals surface area contributed by atoms with Crippen LogP contribution in [0, 0.1) is 0 Å². The van der Waals surface area contributed by atoms with Crippen molar-refractivity contribution in [2.24, 2.45) is 0 Å². The van der Waals surface area contributed by atoms with E-state index >= 15 is 0 Å². The fraction of sp³-hybridized carbons (Fsp3) is 0.363. The summed E-state index contributed by atoms with van der Waals surface area (Å²) in [6, 6.07) is 34.4. The summed E-state index contributed by atoms with van der Waals surface area (Å²) >= 11 is 19.5. The molecule has 3 saturated carbocycles.